The SMILES string of the molecule is CCCCCCCCCCCC(C)(CO)OC. The van der Waals surface area contributed by atoms with Crippen molar-refractivity contribution in [3.05, 3.63) is 0 Å². The lowest BCUT2D eigenvalue weighted by molar-refractivity contribution is -0.0447. The first kappa shape index (κ1) is 16.9. The van der Waals surface area contributed by atoms with Gasteiger partial charge in [-0.15, -0.1) is 0 Å². The van der Waals surface area contributed by atoms with Crippen molar-refractivity contribution in [2.24, 2.45) is 0 Å². The molecule has 0 aliphatic rings. The van der Waals surface area contributed by atoms with Crippen LogP contribution in [0.5, 0.6) is 0 Å². The van der Waals surface area contributed by atoms with Crippen molar-refractivity contribution in [2.75, 3.05) is 13.7 Å². The van der Waals surface area contributed by atoms with Crippen molar-refractivity contribution in [1.29, 1.82) is 0 Å². The highest BCUT2D eigenvalue weighted by molar-refractivity contribution is 4.72. The van der Waals surface area contributed by atoms with Crippen LogP contribution in [-0.2, 0) is 4.74 Å². The van der Waals surface area contributed by atoms with E-state index in [1.165, 1.54) is 57.8 Å². The van der Waals surface area contributed by atoms with E-state index in [-0.39, 0.29) is 12.2 Å². The molecule has 0 radical (unpaired) electrons. The molecule has 0 heterocycles. The summed E-state index contributed by atoms with van der Waals surface area (Å²) in [5, 5.41) is 9.18. The van der Waals surface area contributed by atoms with E-state index in [1.807, 2.05) is 6.92 Å². The van der Waals surface area contributed by atoms with Crippen LogP contribution in [-0.4, -0.2) is 24.4 Å². The lowest BCUT2D eigenvalue weighted by atomic mass is 9.98. The molecule has 2 nitrogen and oxygen atoms in total. The van der Waals surface area contributed by atoms with Crippen molar-refractivity contribution < 1.29 is 9.84 Å². The normalized spacial score (nSPS) is 14.8. The van der Waals surface area contributed by atoms with E-state index < -0.39 is 0 Å². The fraction of sp³-hybridized carbons (Fsp3) is 1.00. The molecule has 0 rings (SSSR count). The van der Waals surface area contributed by atoms with Crippen LogP contribution < -0.4 is 0 Å². The molecule has 104 valence electrons. The van der Waals surface area contributed by atoms with Gasteiger partial charge in [0.1, 0.15) is 0 Å². The summed E-state index contributed by atoms with van der Waals surface area (Å²) in [4.78, 5) is 0. The Morgan fingerprint density at radius 3 is 1.76 bits per heavy atom. The van der Waals surface area contributed by atoms with E-state index in [0.717, 1.165) is 6.42 Å². The van der Waals surface area contributed by atoms with Crippen molar-refractivity contribution in [1.82, 2.24) is 0 Å². The highest BCUT2D eigenvalue weighted by Crippen LogP contribution is 2.18. The van der Waals surface area contributed by atoms with E-state index in [0.29, 0.717) is 0 Å². The van der Waals surface area contributed by atoms with Crippen LogP contribution in [0.3, 0.4) is 0 Å². The van der Waals surface area contributed by atoms with Gasteiger partial charge in [-0.25, -0.2) is 0 Å². The zero-order chi connectivity index (χ0) is 13.0. The first-order chi connectivity index (χ1) is 8.18. The zero-order valence-corrected chi connectivity index (χ0v) is 12.1. The molecule has 0 amide bonds. The van der Waals surface area contributed by atoms with Gasteiger partial charge in [-0.2, -0.15) is 0 Å². The summed E-state index contributed by atoms with van der Waals surface area (Å²) in [7, 11) is 1.68. The van der Waals surface area contributed by atoms with Crippen LogP contribution in [0.1, 0.15) is 78.1 Å². The quantitative estimate of drug-likeness (QED) is 0.518. The number of unbranched alkanes of at least 4 members (excludes halogenated alkanes) is 8. The molecule has 0 aromatic heterocycles. The standard InChI is InChI=1S/C15H32O2/c1-4-5-6-7-8-9-10-11-12-13-15(2,14-16)17-3/h16H,4-14H2,1-3H3. The molecule has 0 fully saturated rings. The lowest BCUT2D eigenvalue weighted by Gasteiger charge is -2.25. The lowest BCUT2D eigenvalue weighted by Crippen LogP contribution is -2.31. The molecule has 0 aliphatic carbocycles. The number of hydrogen-bond acceptors (Lipinski definition) is 2. The molecular formula is C15H32O2. The van der Waals surface area contributed by atoms with Crippen molar-refractivity contribution in [2.45, 2.75) is 83.7 Å². The second-order valence-electron chi connectivity index (χ2n) is 5.39. The van der Waals surface area contributed by atoms with Gasteiger partial charge in [0.25, 0.3) is 0 Å². The first-order valence-corrected chi connectivity index (χ1v) is 7.34. The second kappa shape index (κ2) is 11.0. The van der Waals surface area contributed by atoms with Crippen LogP contribution in [0, 0.1) is 0 Å². The maximum Gasteiger partial charge on any atom is 0.0880 e. The predicted octanol–water partition coefficient (Wildman–Crippen LogP) is 4.30. The van der Waals surface area contributed by atoms with Crippen molar-refractivity contribution in [3.63, 3.8) is 0 Å². The highest BCUT2D eigenvalue weighted by atomic mass is 16.5. The van der Waals surface area contributed by atoms with E-state index >= 15 is 0 Å². The van der Waals surface area contributed by atoms with Crippen LogP contribution >= 0.6 is 0 Å². The minimum absolute atomic E-state index is 0.126. The molecule has 1 unspecified atom stereocenters. The molecule has 0 saturated heterocycles. The molecular weight excluding hydrogens is 212 g/mol. The average molecular weight is 244 g/mol. The second-order valence-corrected chi connectivity index (χ2v) is 5.39. The molecule has 1 N–H and O–H groups in total. The smallest absolute Gasteiger partial charge is 0.0880 e. The van der Waals surface area contributed by atoms with Crippen LogP contribution in [0.2, 0.25) is 0 Å². The fourth-order valence-electron chi connectivity index (χ4n) is 2.06. The Balaban J connectivity index is 3.23. The van der Waals surface area contributed by atoms with Crippen LogP contribution in [0.4, 0.5) is 0 Å². The third kappa shape index (κ3) is 9.61. The molecule has 0 saturated carbocycles. The Morgan fingerprint density at radius 1 is 0.882 bits per heavy atom. The first-order valence-electron chi connectivity index (χ1n) is 7.34. The number of ether oxygens (including phenoxy) is 1. The largest absolute Gasteiger partial charge is 0.393 e. The maximum absolute atomic E-state index is 9.18. The molecule has 0 spiro atoms. The van der Waals surface area contributed by atoms with Crippen LogP contribution in [0.15, 0.2) is 0 Å². The molecule has 0 aliphatic heterocycles. The van der Waals surface area contributed by atoms with Gasteiger partial charge in [0.2, 0.25) is 0 Å². The number of methoxy groups -OCH3 is 1. The monoisotopic (exact) mass is 244 g/mol. The summed E-state index contributed by atoms with van der Waals surface area (Å²) in [5.74, 6) is 0. The van der Waals surface area contributed by atoms with Gasteiger partial charge in [-0.3, -0.25) is 0 Å². The average Bonchev–Trinajstić information content (AvgIpc) is 2.36. The minimum atomic E-state index is -0.318. The van der Waals surface area contributed by atoms with Gasteiger partial charge < -0.3 is 9.84 Å². The van der Waals surface area contributed by atoms with Gasteiger partial charge in [0, 0.05) is 7.11 Å². The number of aliphatic hydroxyl groups excluding tert-OH is 1. The molecule has 2 heteroatoms. The predicted molar refractivity (Wildman–Crippen MR) is 74.3 cm³/mol. The fourth-order valence-corrected chi connectivity index (χ4v) is 2.06. The number of aliphatic hydroxyl groups is 1. The Kier molecular flexibility index (Phi) is 11.0. The Bertz CT molecular complexity index is 153. The third-order valence-electron chi connectivity index (χ3n) is 3.64. The van der Waals surface area contributed by atoms with Crippen molar-refractivity contribution >= 4 is 0 Å². The summed E-state index contributed by atoms with van der Waals surface area (Å²) in [6.07, 6.45) is 13.0. The number of rotatable bonds is 12. The van der Waals surface area contributed by atoms with Gasteiger partial charge in [0.05, 0.1) is 12.2 Å². The van der Waals surface area contributed by atoms with Gasteiger partial charge in [0.15, 0.2) is 0 Å². The molecule has 17 heavy (non-hydrogen) atoms. The Hall–Kier alpha value is -0.0800. The van der Waals surface area contributed by atoms with Crippen molar-refractivity contribution in [3.8, 4) is 0 Å². The topological polar surface area (TPSA) is 29.5 Å². The molecule has 0 bridgehead atoms. The highest BCUT2D eigenvalue weighted by Gasteiger charge is 2.21. The Morgan fingerprint density at radius 2 is 1.35 bits per heavy atom. The van der Waals surface area contributed by atoms with Gasteiger partial charge in [-0.1, -0.05) is 64.7 Å². The molecule has 0 aromatic rings. The van der Waals surface area contributed by atoms with E-state index in [9.17, 15) is 5.11 Å². The molecule has 0 aromatic carbocycles. The Labute approximate surface area is 108 Å². The van der Waals surface area contributed by atoms with Gasteiger partial charge in [-0.05, 0) is 13.3 Å². The van der Waals surface area contributed by atoms with E-state index in [1.54, 1.807) is 7.11 Å². The maximum atomic E-state index is 9.18. The number of hydrogen-bond donors (Lipinski definition) is 1. The third-order valence-corrected chi connectivity index (χ3v) is 3.64. The summed E-state index contributed by atoms with van der Waals surface area (Å²) in [6, 6.07) is 0. The molecule has 1 atom stereocenters. The van der Waals surface area contributed by atoms with Crippen LogP contribution in [0.25, 0.3) is 0 Å². The van der Waals surface area contributed by atoms with E-state index in [4.69, 9.17) is 4.74 Å². The zero-order valence-electron chi connectivity index (χ0n) is 12.1. The van der Waals surface area contributed by atoms with E-state index in [2.05, 4.69) is 6.92 Å². The van der Waals surface area contributed by atoms with Gasteiger partial charge >= 0.3 is 0 Å². The summed E-state index contributed by atoms with van der Waals surface area (Å²) < 4.78 is 5.31. The minimum Gasteiger partial charge on any atom is -0.393 e. The summed E-state index contributed by atoms with van der Waals surface area (Å²) in [5.41, 5.74) is -0.318. The summed E-state index contributed by atoms with van der Waals surface area (Å²) >= 11 is 0. The summed E-state index contributed by atoms with van der Waals surface area (Å²) in [6.45, 7) is 4.37.